The lowest BCUT2D eigenvalue weighted by molar-refractivity contribution is -0.142. The van der Waals surface area contributed by atoms with Crippen molar-refractivity contribution in [1.29, 1.82) is 0 Å². The number of hydrogen-bond donors (Lipinski definition) is 8. The van der Waals surface area contributed by atoms with Crippen LogP contribution >= 0.6 is 11.6 Å². The maximum Gasteiger partial charge on any atom is 0.303 e. The molecule has 5 rings (SSSR count). The van der Waals surface area contributed by atoms with Crippen molar-refractivity contribution in [3.05, 3.63) is 112 Å². The summed E-state index contributed by atoms with van der Waals surface area (Å²) in [5, 5.41) is 35.5. The van der Waals surface area contributed by atoms with Crippen molar-refractivity contribution in [2.45, 2.75) is 127 Å². The van der Waals surface area contributed by atoms with Crippen LogP contribution < -0.4 is 26.6 Å². The van der Waals surface area contributed by atoms with Crippen LogP contribution in [0.2, 0.25) is 5.02 Å². The molecule has 0 spiro atoms. The van der Waals surface area contributed by atoms with Crippen molar-refractivity contribution in [2.24, 2.45) is 0 Å². The number of fused-ring (bicyclic) bond motifs is 1. The van der Waals surface area contributed by atoms with Gasteiger partial charge in [0.2, 0.25) is 29.5 Å². The number of hydrogen-bond acceptors (Lipinski definition) is 10. The average Bonchev–Trinajstić information content (AvgIpc) is 3.78. The highest BCUT2D eigenvalue weighted by molar-refractivity contribution is 7.85. The number of carboxylic acid groups (broad SMARTS) is 1. The van der Waals surface area contributed by atoms with E-state index in [1.165, 1.54) is 47.4 Å². The molecule has 1 aliphatic heterocycles. The molecule has 0 saturated carbocycles. The molecule has 1 fully saturated rings. The van der Waals surface area contributed by atoms with Gasteiger partial charge in [0.15, 0.2) is 0 Å². The molecule has 0 bridgehead atoms. The van der Waals surface area contributed by atoms with Gasteiger partial charge in [0.05, 0.1) is 5.56 Å². The molecule has 0 aromatic heterocycles. The number of nitrogens with one attached hydrogen (secondary N) is 5. The van der Waals surface area contributed by atoms with Crippen LogP contribution in [0.4, 0.5) is 0 Å². The highest BCUT2D eigenvalue weighted by Crippen LogP contribution is 2.25. The number of phenolic OH excluding ortho intramolecular Hbond substituents is 1. The van der Waals surface area contributed by atoms with Gasteiger partial charge < -0.3 is 41.7 Å². The number of carbonyl (C=O) groups is 7. The molecule has 1 heterocycles. The van der Waals surface area contributed by atoms with Crippen LogP contribution in [-0.4, -0.2) is 112 Å². The van der Waals surface area contributed by atoms with E-state index in [0.29, 0.717) is 24.0 Å². The van der Waals surface area contributed by atoms with Gasteiger partial charge in [-0.1, -0.05) is 91.7 Å². The largest absolute Gasteiger partial charge is 0.507 e. The van der Waals surface area contributed by atoms with Crippen molar-refractivity contribution in [2.75, 3.05) is 6.54 Å². The lowest BCUT2D eigenvalue weighted by atomic mass is 9.97. The number of likely N-dealkylation sites (tertiary alicyclic amines) is 1. The first kappa shape index (κ1) is 54.4. The Balaban J connectivity index is 1.40. The number of nitrogens with zero attached hydrogens (tertiary/aromatic N) is 1. The Hall–Kier alpha value is -6.57. The van der Waals surface area contributed by atoms with E-state index in [9.17, 15) is 56.7 Å². The summed E-state index contributed by atoms with van der Waals surface area (Å²) in [5.74, 6) is -6.25. The third-order valence-corrected chi connectivity index (χ3v) is 12.6. The zero-order chi connectivity index (χ0) is 51.3. The van der Waals surface area contributed by atoms with Crippen LogP contribution in [0.15, 0.2) is 84.9 Å². The number of benzene rings is 4. The Morgan fingerprint density at radius 3 is 2.07 bits per heavy atom. The van der Waals surface area contributed by atoms with Crippen LogP contribution in [0.3, 0.4) is 0 Å². The van der Waals surface area contributed by atoms with E-state index in [1.807, 2.05) is 42.5 Å². The standard InChI is InChI=1S/C50H61ClN6O12S/c1-5-11-38(53-45(62)39(54-44(61)36-28-34(51)23-24-42(36)58)26-30-19-21-31(22-20-30)29-70(67,68)69)49(66)57-25-10-17-41(57)48(65)55-40(27-33-14-8-13-32-12-6-7-15-35(32)33)46(63)52-37(16-9-18-43(59)60)47(64)56-50(2,3)4/h6-8,12-15,19-24,28,37-41,58H,5,9-11,16-18,25-27,29H2,1-4H3,(H,52,63)(H,53,62)(H,54,61)(H,55,65)(H,56,64)(H,59,60)(H,67,68,69)/t37-,38-,39-,40-,41-/m0/s1. The average molecular weight is 1010 g/mol. The molecular formula is C50H61ClN6O12S. The molecule has 1 aliphatic rings. The van der Waals surface area contributed by atoms with E-state index in [-0.39, 0.29) is 67.6 Å². The number of aromatic hydroxyl groups is 1. The second-order valence-corrected chi connectivity index (χ2v) is 20.4. The summed E-state index contributed by atoms with van der Waals surface area (Å²) in [5.41, 5.74) is 0.531. The van der Waals surface area contributed by atoms with Gasteiger partial charge in [0.25, 0.3) is 16.0 Å². The number of amides is 6. The number of carboxylic acids is 1. The van der Waals surface area contributed by atoms with Gasteiger partial charge in [-0.3, -0.25) is 38.1 Å². The van der Waals surface area contributed by atoms with Crippen molar-refractivity contribution < 1.29 is 56.7 Å². The molecule has 18 nitrogen and oxygen atoms in total. The lowest BCUT2D eigenvalue weighted by Gasteiger charge is -2.31. The highest BCUT2D eigenvalue weighted by atomic mass is 35.5. The Labute approximate surface area is 412 Å². The molecule has 0 aliphatic carbocycles. The van der Waals surface area contributed by atoms with Gasteiger partial charge in [-0.05, 0) is 98.5 Å². The van der Waals surface area contributed by atoms with Gasteiger partial charge in [-0.25, -0.2) is 0 Å². The molecule has 6 amide bonds. The second kappa shape index (κ2) is 24.3. The molecule has 5 atom stereocenters. The summed E-state index contributed by atoms with van der Waals surface area (Å²) in [7, 11) is -4.34. The summed E-state index contributed by atoms with van der Waals surface area (Å²) in [6.07, 6.45) is 0.827. The van der Waals surface area contributed by atoms with E-state index < -0.39 is 98.8 Å². The van der Waals surface area contributed by atoms with Crippen molar-refractivity contribution in [1.82, 2.24) is 31.5 Å². The number of rotatable bonds is 22. The molecule has 70 heavy (non-hydrogen) atoms. The fourth-order valence-corrected chi connectivity index (χ4v) is 9.08. The van der Waals surface area contributed by atoms with Gasteiger partial charge >= 0.3 is 5.97 Å². The summed E-state index contributed by atoms with van der Waals surface area (Å²) >= 11 is 6.11. The highest BCUT2D eigenvalue weighted by Gasteiger charge is 2.40. The van der Waals surface area contributed by atoms with Crippen molar-refractivity contribution in [3.63, 3.8) is 0 Å². The third kappa shape index (κ3) is 16.0. The monoisotopic (exact) mass is 1000 g/mol. The number of halogens is 1. The Kier molecular flexibility index (Phi) is 18.9. The van der Waals surface area contributed by atoms with E-state index in [0.717, 1.165) is 10.8 Å². The normalized spacial score (nSPS) is 15.5. The molecule has 376 valence electrons. The zero-order valence-electron chi connectivity index (χ0n) is 39.5. The SMILES string of the molecule is CCC[C@H](NC(=O)[C@H](Cc1ccc(CS(=O)(=O)O)cc1)NC(=O)c1cc(Cl)ccc1O)C(=O)N1CCC[C@H]1C(=O)N[C@@H](Cc1cccc2ccccc12)C(=O)N[C@@H](CCCC(=O)O)C(=O)NC(C)(C)C. The van der Waals surface area contributed by atoms with Crippen LogP contribution in [0.5, 0.6) is 5.75 Å². The van der Waals surface area contributed by atoms with E-state index in [4.69, 9.17) is 11.6 Å². The molecule has 1 saturated heterocycles. The van der Waals surface area contributed by atoms with Crippen molar-refractivity contribution in [3.8, 4) is 5.75 Å². The summed E-state index contributed by atoms with van der Waals surface area (Å²) in [4.78, 5) is 97.4. The summed E-state index contributed by atoms with van der Waals surface area (Å²) in [6.45, 7) is 7.22. The van der Waals surface area contributed by atoms with Crippen molar-refractivity contribution >= 4 is 73.9 Å². The van der Waals surface area contributed by atoms with Crippen LogP contribution in [0.25, 0.3) is 10.8 Å². The number of carbonyl (C=O) groups excluding carboxylic acids is 6. The molecular weight excluding hydrogens is 944 g/mol. The first-order chi connectivity index (χ1) is 33.0. The molecule has 4 aromatic carbocycles. The lowest BCUT2D eigenvalue weighted by Crippen LogP contribution is -2.59. The fourth-order valence-electron chi connectivity index (χ4n) is 8.30. The Morgan fingerprint density at radius 1 is 0.771 bits per heavy atom. The minimum atomic E-state index is -4.34. The Bertz CT molecular complexity index is 2670. The van der Waals surface area contributed by atoms with Crippen LogP contribution in [-0.2, 0) is 57.5 Å². The fraction of sp³-hybridized carbons (Fsp3) is 0.420. The Morgan fingerprint density at radius 2 is 1.41 bits per heavy atom. The van der Waals surface area contributed by atoms with Gasteiger partial charge in [0, 0.05) is 36.4 Å². The number of phenols is 1. The third-order valence-electron chi connectivity index (χ3n) is 11.6. The first-order valence-corrected chi connectivity index (χ1v) is 25.0. The van der Waals surface area contributed by atoms with Gasteiger partial charge in [0.1, 0.15) is 41.7 Å². The molecule has 0 radical (unpaired) electrons. The zero-order valence-corrected chi connectivity index (χ0v) is 41.1. The first-order valence-electron chi connectivity index (χ1n) is 23.1. The quantitative estimate of drug-likeness (QED) is 0.0503. The van der Waals surface area contributed by atoms with Gasteiger partial charge in [-0.15, -0.1) is 0 Å². The smallest absolute Gasteiger partial charge is 0.303 e. The minimum Gasteiger partial charge on any atom is -0.507 e. The minimum absolute atomic E-state index is 0.00127. The maximum absolute atomic E-state index is 14.5. The molecule has 20 heteroatoms. The maximum atomic E-state index is 14.5. The summed E-state index contributed by atoms with van der Waals surface area (Å²) in [6, 6.07) is 16.7. The van der Waals surface area contributed by atoms with E-state index >= 15 is 0 Å². The predicted molar refractivity (Wildman–Crippen MR) is 262 cm³/mol. The van der Waals surface area contributed by atoms with E-state index in [1.54, 1.807) is 27.7 Å². The second-order valence-electron chi connectivity index (χ2n) is 18.5. The molecule has 4 aromatic rings. The number of aliphatic carboxylic acids is 1. The summed E-state index contributed by atoms with van der Waals surface area (Å²) < 4.78 is 32.2. The predicted octanol–water partition coefficient (Wildman–Crippen LogP) is 4.59. The molecule has 8 N–H and O–H groups in total. The van der Waals surface area contributed by atoms with Crippen LogP contribution in [0, 0.1) is 0 Å². The van der Waals surface area contributed by atoms with Crippen LogP contribution in [0.1, 0.15) is 99.7 Å². The molecule has 0 unspecified atom stereocenters. The van der Waals surface area contributed by atoms with Gasteiger partial charge in [-0.2, -0.15) is 8.42 Å². The van der Waals surface area contributed by atoms with E-state index in [2.05, 4.69) is 26.6 Å². The topological polar surface area (TPSA) is 278 Å².